The third kappa shape index (κ3) is 1.69. The lowest BCUT2D eigenvalue weighted by Gasteiger charge is -2.22. The molecule has 1 aromatic carbocycles. The van der Waals surface area contributed by atoms with E-state index in [4.69, 9.17) is 10.5 Å². The molecule has 0 fully saturated rings. The summed E-state index contributed by atoms with van der Waals surface area (Å²) >= 11 is 0. The van der Waals surface area contributed by atoms with Crippen LogP contribution in [-0.4, -0.2) is 16.9 Å². The van der Waals surface area contributed by atoms with Crippen molar-refractivity contribution < 1.29 is 9.66 Å². The maximum atomic E-state index is 10.6. The molecule has 6 nitrogen and oxygen atoms in total. The van der Waals surface area contributed by atoms with Crippen molar-refractivity contribution in [1.82, 2.24) is 0 Å². The van der Waals surface area contributed by atoms with Crippen LogP contribution in [0.4, 0.5) is 11.4 Å². The number of benzene rings is 1. The van der Waals surface area contributed by atoms with Gasteiger partial charge in [0.05, 0.1) is 11.0 Å². The number of hydrogen-bond donors (Lipinski definition) is 1. The monoisotopic (exact) mass is 221 g/mol. The van der Waals surface area contributed by atoms with Crippen molar-refractivity contribution >= 4 is 17.2 Å². The number of nitro groups is 1. The lowest BCUT2D eigenvalue weighted by molar-refractivity contribution is -0.384. The largest absolute Gasteiger partial charge is 0.480 e. The first-order valence-corrected chi connectivity index (χ1v) is 4.91. The first kappa shape index (κ1) is 10.4. The zero-order valence-electron chi connectivity index (χ0n) is 8.71. The number of amidine groups is 1. The van der Waals surface area contributed by atoms with E-state index in [1.807, 2.05) is 6.92 Å². The van der Waals surface area contributed by atoms with Crippen LogP contribution in [0.25, 0.3) is 0 Å². The van der Waals surface area contributed by atoms with Crippen LogP contribution in [0.3, 0.4) is 0 Å². The Morgan fingerprint density at radius 3 is 3.00 bits per heavy atom. The number of hydrogen-bond acceptors (Lipinski definition) is 5. The van der Waals surface area contributed by atoms with E-state index in [0.29, 0.717) is 23.7 Å². The fourth-order valence-corrected chi connectivity index (χ4v) is 1.52. The first-order valence-electron chi connectivity index (χ1n) is 4.91. The number of fused-ring (bicyclic) bond motifs is 1. The summed E-state index contributed by atoms with van der Waals surface area (Å²) in [5, 5.41) is 10.6. The number of rotatable bonds is 2. The number of non-ortho nitro benzene ring substituents is 1. The zero-order chi connectivity index (χ0) is 11.7. The summed E-state index contributed by atoms with van der Waals surface area (Å²) < 4.78 is 5.52. The molecule has 0 saturated heterocycles. The Morgan fingerprint density at radius 1 is 1.62 bits per heavy atom. The van der Waals surface area contributed by atoms with Crippen LogP contribution >= 0.6 is 0 Å². The molecule has 1 aliphatic rings. The van der Waals surface area contributed by atoms with Crippen LogP contribution in [0, 0.1) is 10.1 Å². The maximum Gasteiger partial charge on any atom is 0.273 e. The molecule has 1 unspecified atom stereocenters. The average Bonchev–Trinajstić information content (AvgIpc) is 2.27. The summed E-state index contributed by atoms with van der Waals surface area (Å²) in [5.41, 5.74) is 6.22. The van der Waals surface area contributed by atoms with E-state index in [0.717, 1.165) is 0 Å². The van der Waals surface area contributed by atoms with Crippen molar-refractivity contribution in [3.63, 3.8) is 0 Å². The van der Waals surface area contributed by atoms with Gasteiger partial charge in [0.15, 0.2) is 11.9 Å². The topological polar surface area (TPSA) is 90.8 Å². The highest BCUT2D eigenvalue weighted by Gasteiger charge is 2.22. The number of nitrogens with two attached hydrogens (primary N) is 1. The fourth-order valence-electron chi connectivity index (χ4n) is 1.52. The summed E-state index contributed by atoms with van der Waals surface area (Å²) in [4.78, 5) is 14.3. The van der Waals surface area contributed by atoms with Gasteiger partial charge < -0.3 is 10.5 Å². The van der Waals surface area contributed by atoms with Crippen LogP contribution in [0.1, 0.15) is 13.3 Å². The van der Waals surface area contributed by atoms with Gasteiger partial charge in [-0.1, -0.05) is 6.92 Å². The van der Waals surface area contributed by atoms with E-state index in [9.17, 15) is 10.1 Å². The van der Waals surface area contributed by atoms with Gasteiger partial charge in [-0.05, 0) is 12.5 Å². The standard InChI is InChI=1S/C10H11N3O3/c1-2-8-10(11)12-7-4-3-6(13(14)15)5-9(7)16-8/h3-5,8H,2H2,1H3,(H2,11,12). The van der Waals surface area contributed by atoms with Gasteiger partial charge in [-0.3, -0.25) is 10.1 Å². The lowest BCUT2D eigenvalue weighted by atomic mass is 10.2. The molecule has 0 saturated carbocycles. The highest BCUT2D eigenvalue weighted by Crippen LogP contribution is 2.35. The average molecular weight is 221 g/mol. The molecule has 0 radical (unpaired) electrons. The van der Waals surface area contributed by atoms with Gasteiger partial charge in [-0.25, -0.2) is 4.99 Å². The van der Waals surface area contributed by atoms with Gasteiger partial charge in [0.2, 0.25) is 0 Å². The van der Waals surface area contributed by atoms with Crippen molar-refractivity contribution in [2.75, 3.05) is 0 Å². The molecule has 0 bridgehead atoms. The second-order valence-electron chi connectivity index (χ2n) is 3.46. The summed E-state index contributed by atoms with van der Waals surface area (Å²) in [6.45, 7) is 1.91. The summed E-state index contributed by atoms with van der Waals surface area (Å²) in [5.74, 6) is 0.819. The molecule has 16 heavy (non-hydrogen) atoms. The van der Waals surface area contributed by atoms with E-state index in [1.165, 1.54) is 18.2 Å². The maximum absolute atomic E-state index is 10.6. The molecule has 1 aliphatic heterocycles. The molecule has 0 amide bonds. The fraction of sp³-hybridized carbons (Fsp3) is 0.300. The molecule has 1 aromatic rings. The predicted octanol–water partition coefficient (Wildman–Crippen LogP) is 1.75. The highest BCUT2D eigenvalue weighted by atomic mass is 16.6. The third-order valence-corrected chi connectivity index (χ3v) is 2.37. The zero-order valence-corrected chi connectivity index (χ0v) is 8.71. The number of nitro benzene ring substituents is 1. The smallest absolute Gasteiger partial charge is 0.273 e. The number of aliphatic imine (C=N–C) groups is 1. The molecule has 0 aromatic heterocycles. The lowest BCUT2D eigenvalue weighted by Crippen LogP contribution is -2.35. The van der Waals surface area contributed by atoms with Crippen molar-refractivity contribution in [3.05, 3.63) is 28.3 Å². The summed E-state index contributed by atoms with van der Waals surface area (Å²) in [6.07, 6.45) is 0.381. The Bertz CT molecular complexity index is 470. The second-order valence-corrected chi connectivity index (χ2v) is 3.46. The minimum Gasteiger partial charge on any atom is -0.480 e. The van der Waals surface area contributed by atoms with Gasteiger partial charge in [-0.2, -0.15) is 0 Å². The Morgan fingerprint density at radius 2 is 2.38 bits per heavy atom. The van der Waals surface area contributed by atoms with Crippen LogP contribution in [-0.2, 0) is 0 Å². The van der Waals surface area contributed by atoms with Crippen molar-refractivity contribution in [2.24, 2.45) is 10.7 Å². The van der Waals surface area contributed by atoms with E-state index >= 15 is 0 Å². The molecule has 2 rings (SSSR count). The van der Waals surface area contributed by atoms with Gasteiger partial charge in [0.1, 0.15) is 11.5 Å². The number of nitrogens with zero attached hydrogens (tertiary/aromatic N) is 2. The molecule has 2 N–H and O–H groups in total. The Labute approximate surface area is 91.9 Å². The molecular weight excluding hydrogens is 210 g/mol. The summed E-state index contributed by atoms with van der Waals surface area (Å²) in [6, 6.07) is 4.28. The van der Waals surface area contributed by atoms with Crippen LogP contribution < -0.4 is 10.5 Å². The molecular formula is C10H11N3O3. The molecule has 1 heterocycles. The number of ether oxygens (including phenoxy) is 1. The van der Waals surface area contributed by atoms with Gasteiger partial charge in [0, 0.05) is 6.07 Å². The van der Waals surface area contributed by atoms with Crippen LogP contribution in [0.15, 0.2) is 23.2 Å². The SMILES string of the molecule is CCC1Oc2cc([N+](=O)[O-])ccc2N=C1N. The van der Waals surface area contributed by atoms with E-state index in [-0.39, 0.29) is 11.8 Å². The van der Waals surface area contributed by atoms with Crippen LogP contribution in [0.5, 0.6) is 5.75 Å². The predicted molar refractivity (Wildman–Crippen MR) is 59.1 cm³/mol. The molecule has 6 heteroatoms. The van der Waals surface area contributed by atoms with Gasteiger partial charge >= 0.3 is 0 Å². The summed E-state index contributed by atoms with van der Waals surface area (Å²) in [7, 11) is 0. The van der Waals surface area contributed by atoms with Gasteiger partial charge in [0.25, 0.3) is 5.69 Å². The first-order chi connectivity index (χ1) is 7.61. The third-order valence-electron chi connectivity index (χ3n) is 2.37. The minimum absolute atomic E-state index is 0.00993. The molecule has 0 aliphatic carbocycles. The van der Waals surface area contributed by atoms with Crippen molar-refractivity contribution in [3.8, 4) is 5.75 Å². The van der Waals surface area contributed by atoms with Crippen molar-refractivity contribution in [1.29, 1.82) is 0 Å². The highest BCUT2D eigenvalue weighted by molar-refractivity contribution is 5.90. The molecule has 0 spiro atoms. The Kier molecular flexibility index (Phi) is 2.47. The van der Waals surface area contributed by atoms with Gasteiger partial charge in [-0.15, -0.1) is 0 Å². The molecule has 84 valence electrons. The quantitative estimate of drug-likeness (QED) is 0.608. The Balaban J connectivity index is 2.43. The molecule has 1 atom stereocenters. The van der Waals surface area contributed by atoms with E-state index < -0.39 is 4.92 Å². The normalized spacial score (nSPS) is 18.3. The second kappa shape index (κ2) is 3.80. The van der Waals surface area contributed by atoms with Crippen LogP contribution in [0.2, 0.25) is 0 Å². The van der Waals surface area contributed by atoms with E-state index in [2.05, 4.69) is 4.99 Å². The van der Waals surface area contributed by atoms with E-state index in [1.54, 1.807) is 0 Å². The van der Waals surface area contributed by atoms with Crippen molar-refractivity contribution in [2.45, 2.75) is 19.4 Å². The minimum atomic E-state index is -0.466. The Hall–Kier alpha value is -2.11.